The van der Waals surface area contributed by atoms with E-state index < -0.39 is 7.12 Å². The van der Waals surface area contributed by atoms with Crippen molar-refractivity contribution in [2.75, 3.05) is 0 Å². The van der Waals surface area contributed by atoms with Crippen molar-refractivity contribution in [3.8, 4) is 11.3 Å². The van der Waals surface area contributed by atoms with Crippen molar-refractivity contribution in [3.05, 3.63) is 41.8 Å². The largest absolute Gasteiger partial charge is 0.496 e. The van der Waals surface area contributed by atoms with Crippen LogP contribution in [0.3, 0.4) is 0 Å². The van der Waals surface area contributed by atoms with Gasteiger partial charge in [-0.1, -0.05) is 17.7 Å². The van der Waals surface area contributed by atoms with E-state index in [0.717, 1.165) is 16.7 Å². The summed E-state index contributed by atoms with van der Waals surface area (Å²) in [5.41, 5.74) is 1.96. The fourth-order valence-electron chi connectivity index (χ4n) is 2.22. The van der Waals surface area contributed by atoms with E-state index in [9.17, 15) is 0 Å². The number of halogens is 1. The Labute approximate surface area is 136 Å². The Morgan fingerprint density at radius 3 is 2.09 bits per heavy atom. The SMILES string of the molecule is CC1(C)OB(c2ccc(-c3ccc(Cl)nc3)nc2)OC1(C)C. The molecule has 0 atom stereocenters. The van der Waals surface area contributed by atoms with Gasteiger partial charge in [0.05, 0.1) is 16.9 Å². The predicted molar refractivity (Wildman–Crippen MR) is 88.2 cm³/mol. The molecule has 3 heterocycles. The van der Waals surface area contributed by atoms with Gasteiger partial charge >= 0.3 is 7.12 Å². The second-order valence-corrected chi connectivity index (χ2v) is 6.82. The summed E-state index contributed by atoms with van der Waals surface area (Å²) in [5, 5.41) is 0.470. The van der Waals surface area contributed by atoms with Crippen LogP contribution in [-0.2, 0) is 9.31 Å². The quantitative estimate of drug-likeness (QED) is 0.631. The zero-order chi connectivity index (χ0) is 16.0. The van der Waals surface area contributed by atoms with Crippen molar-refractivity contribution in [2.24, 2.45) is 0 Å². The van der Waals surface area contributed by atoms with Gasteiger partial charge in [0.1, 0.15) is 5.15 Å². The predicted octanol–water partition coefficient (Wildman–Crippen LogP) is 3.10. The van der Waals surface area contributed by atoms with Crippen LogP contribution in [0.25, 0.3) is 11.3 Å². The first-order chi connectivity index (χ1) is 10.3. The monoisotopic (exact) mass is 316 g/mol. The number of pyridine rings is 2. The van der Waals surface area contributed by atoms with E-state index in [-0.39, 0.29) is 11.2 Å². The van der Waals surface area contributed by atoms with E-state index in [2.05, 4.69) is 9.97 Å². The first-order valence-corrected chi connectivity index (χ1v) is 7.60. The summed E-state index contributed by atoms with van der Waals surface area (Å²) in [5.74, 6) is 0. The fourth-order valence-corrected chi connectivity index (χ4v) is 2.33. The highest BCUT2D eigenvalue weighted by Crippen LogP contribution is 2.36. The van der Waals surface area contributed by atoms with Crippen LogP contribution in [0.4, 0.5) is 0 Å². The smallest absolute Gasteiger partial charge is 0.399 e. The second-order valence-electron chi connectivity index (χ2n) is 6.43. The number of aromatic nitrogens is 2. The van der Waals surface area contributed by atoms with Crippen molar-refractivity contribution >= 4 is 24.2 Å². The van der Waals surface area contributed by atoms with Crippen LogP contribution in [0, 0.1) is 0 Å². The maximum absolute atomic E-state index is 6.02. The highest BCUT2D eigenvalue weighted by Gasteiger charge is 2.51. The summed E-state index contributed by atoms with van der Waals surface area (Å²) >= 11 is 5.80. The van der Waals surface area contributed by atoms with Crippen LogP contribution >= 0.6 is 11.6 Å². The van der Waals surface area contributed by atoms with Gasteiger partial charge in [-0.05, 0) is 45.9 Å². The molecule has 22 heavy (non-hydrogen) atoms. The lowest BCUT2D eigenvalue weighted by molar-refractivity contribution is 0.00578. The summed E-state index contributed by atoms with van der Waals surface area (Å²) in [7, 11) is -0.394. The zero-order valence-electron chi connectivity index (χ0n) is 13.1. The summed E-state index contributed by atoms with van der Waals surface area (Å²) in [6, 6.07) is 7.55. The van der Waals surface area contributed by atoms with Gasteiger partial charge in [-0.15, -0.1) is 0 Å². The van der Waals surface area contributed by atoms with Gasteiger partial charge in [0.15, 0.2) is 0 Å². The topological polar surface area (TPSA) is 44.2 Å². The highest BCUT2D eigenvalue weighted by molar-refractivity contribution is 6.62. The number of rotatable bonds is 2. The van der Waals surface area contributed by atoms with Gasteiger partial charge in [-0.3, -0.25) is 4.98 Å². The van der Waals surface area contributed by atoms with Crippen molar-refractivity contribution in [3.63, 3.8) is 0 Å². The third-order valence-electron chi connectivity index (χ3n) is 4.33. The normalized spacial score (nSPS) is 19.4. The van der Waals surface area contributed by atoms with Gasteiger partial charge in [0.25, 0.3) is 0 Å². The summed E-state index contributed by atoms with van der Waals surface area (Å²) in [4.78, 5) is 8.55. The van der Waals surface area contributed by atoms with Crippen LogP contribution < -0.4 is 5.46 Å². The van der Waals surface area contributed by atoms with Crippen LogP contribution in [-0.4, -0.2) is 28.3 Å². The third kappa shape index (κ3) is 2.76. The van der Waals surface area contributed by atoms with E-state index >= 15 is 0 Å². The molecular formula is C16H18BClN2O2. The molecule has 0 aromatic carbocycles. The molecule has 6 heteroatoms. The van der Waals surface area contributed by atoms with Crippen molar-refractivity contribution in [1.29, 1.82) is 0 Å². The molecule has 1 saturated heterocycles. The molecule has 0 radical (unpaired) electrons. The summed E-state index contributed by atoms with van der Waals surface area (Å²) < 4.78 is 12.0. The lowest BCUT2D eigenvalue weighted by atomic mass is 9.80. The average molecular weight is 317 g/mol. The molecule has 0 N–H and O–H groups in total. The molecule has 4 nitrogen and oxygen atoms in total. The standard InChI is InChI=1S/C16H18BClN2O2/c1-15(2)16(3,4)22-17(21-15)12-6-7-13(19-10-12)11-5-8-14(18)20-9-11/h5-10H,1-4H3. The Morgan fingerprint density at radius 2 is 1.59 bits per heavy atom. The molecule has 0 spiro atoms. The molecular weight excluding hydrogens is 298 g/mol. The average Bonchev–Trinajstić information content (AvgIpc) is 2.68. The number of hydrogen-bond donors (Lipinski definition) is 0. The van der Waals surface area contributed by atoms with Crippen molar-refractivity contribution in [1.82, 2.24) is 9.97 Å². The first kappa shape index (κ1) is 15.5. The number of nitrogens with zero attached hydrogens (tertiary/aromatic N) is 2. The van der Waals surface area contributed by atoms with E-state index in [1.165, 1.54) is 0 Å². The van der Waals surface area contributed by atoms with E-state index in [4.69, 9.17) is 20.9 Å². The van der Waals surface area contributed by atoms with Crippen LogP contribution in [0.15, 0.2) is 36.7 Å². The molecule has 0 aliphatic carbocycles. The van der Waals surface area contributed by atoms with Gasteiger partial charge < -0.3 is 9.31 Å². The minimum Gasteiger partial charge on any atom is -0.399 e. The Balaban J connectivity index is 1.82. The molecule has 0 unspecified atom stereocenters. The lowest BCUT2D eigenvalue weighted by Crippen LogP contribution is -2.41. The molecule has 1 aliphatic heterocycles. The lowest BCUT2D eigenvalue weighted by Gasteiger charge is -2.32. The summed E-state index contributed by atoms with van der Waals surface area (Å²) in [6.45, 7) is 8.14. The molecule has 1 fully saturated rings. The van der Waals surface area contributed by atoms with E-state index in [0.29, 0.717) is 5.15 Å². The van der Waals surface area contributed by atoms with Gasteiger partial charge in [-0.25, -0.2) is 4.98 Å². The molecule has 114 valence electrons. The Morgan fingerprint density at radius 1 is 0.909 bits per heavy atom. The van der Waals surface area contributed by atoms with Gasteiger partial charge in [-0.2, -0.15) is 0 Å². The Kier molecular flexibility index (Phi) is 3.75. The third-order valence-corrected chi connectivity index (χ3v) is 4.56. The second kappa shape index (κ2) is 5.34. The molecule has 1 aliphatic rings. The molecule has 0 bridgehead atoms. The van der Waals surface area contributed by atoms with Crippen molar-refractivity contribution in [2.45, 2.75) is 38.9 Å². The molecule has 3 rings (SSSR count). The molecule has 0 saturated carbocycles. The maximum Gasteiger partial charge on any atom is 0.496 e. The molecule has 2 aromatic rings. The van der Waals surface area contributed by atoms with Gasteiger partial charge in [0, 0.05) is 23.4 Å². The summed E-state index contributed by atoms with van der Waals surface area (Å²) in [6.07, 6.45) is 3.49. The van der Waals surface area contributed by atoms with E-state index in [1.807, 2.05) is 45.9 Å². The van der Waals surface area contributed by atoms with Gasteiger partial charge in [0.2, 0.25) is 0 Å². The van der Waals surface area contributed by atoms with E-state index in [1.54, 1.807) is 18.5 Å². The molecule has 0 amide bonds. The minimum absolute atomic E-state index is 0.351. The van der Waals surface area contributed by atoms with Crippen LogP contribution in [0.2, 0.25) is 5.15 Å². The zero-order valence-corrected chi connectivity index (χ0v) is 13.9. The number of hydrogen-bond acceptors (Lipinski definition) is 4. The first-order valence-electron chi connectivity index (χ1n) is 7.22. The highest BCUT2D eigenvalue weighted by atomic mass is 35.5. The van der Waals surface area contributed by atoms with Crippen LogP contribution in [0.1, 0.15) is 27.7 Å². The Bertz CT molecular complexity index is 656. The molecule has 2 aromatic heterocycles. The van der Waals surface area contributed by atoms with Crippen molar-refractivity contribution < 1.29 is 9.31 Å². The maximum atomic E-state index is 6.02. The fraction of sp³-hybridized carbons (Fsp3) is 0.375. The van der Waals surface area contributed by atoms with Crippen LogP contribution in [0.5, 0.6) is 0 Å². The minimum atomic E-state index is -0.394. The Hall–Kier alpha value is -1.43.